The Bertz CT molecular complexity index is 1090. The molecule has 0 saturated carbocycles. The molecule has 138 valence electrons. The number of likely N-dealkylation sites (N-methyl/N-ethyl adjacent to an activating group) is 1. The van der Waals surface area contributed by atoms with Crippen LogP contribution in [0.2, 0.25) is 0 Å². The summed E-state index contributed by atoms with van der Waals surface area (Å²) in [5.74, 6) is 3.06. The standard InChI is InChI=1S/C19H21N7S/c1-24-9-3-4-14(11-24)18-22-19(26(23-18)17-7-8-21-25(17)2)13-5-6-15-16(10-13)27-12-20-15/h5-8,10,12,14H,3-4,9,11H2,1-2H3. The smallest absolute Gasteiger partial charge is 0.165 e. The van der Waals surface area contributed by atoms with Crippen LogP contribution in [-0.2, 0) is 7.05 Å². The van der Waals surface area contributed by atoms with Crippen molar-refractivity contribution in [3.8, 4) is 17.2 Å². The highest BCUT2D eigenvalue weighted by Crippen LogP contribution is 2.30. The summed E-state index contributed by atoms with van der Waals surface area (Å²) >= 11 is 1.65. The van der Waals surface area contributed by atoms with Crippen LogP contribution >= 0.6 is 11.3 Å². The molecule has 4 heterocycles. The second-order valence-corrected chi connectivity index (χ2v) is 8.04. The number of likely N-dealkylation sites (tertiary alicyclic amines) is 1. The van der Waals surface area contributed by atoms with Crippen molar-refractivity contribution in [2.24, 2.45) is 7.05 Å². The molecule has 0 aliphatic carbocycles. The molecule has 1 atom stereocenters. The molecule has 0 amide bonds. The predicted octanol–water partition coefficient (Wildman–Crippen LogP) is 3.09. The second kappa shape index (κ2) is 6.54. The van der Waals surface area contributed by atoms with E-state index in [1.807, 2.05) is 28.0 Å². The highest BCUT2D eigenvalue weighted by molar-refractivity contribution is 7.16. The van der Waals surface area contributed by atoms with Crippen LogP contribution in [0.4, 0.5) is 0 Å². The average molecular weight is 379 g/mol. The molecule has 1 aliphatic rings. The Balaban J connectivity index is 1.65. The molecule has 0 radical (unpaired) electrons. The molecule has 1 unspecified atom stereocenters. The van der Waals surface area contributed by atoms with Crippen LogP contribution in [-0.4, -0.2) is 54.6 Å². The van der Waals surface area contributed by atoms with Gasteiger partial charge in [0.25, 0.3) is 0 Å². The molecule has 27 heavy (non-hydrogen) atoms. The summed E-state index contributed by atoms with van der Waals surface area (Å²) in [6.45, 7) is 2.15. The van der Waals surface area contributed by atoms with Crippen molar-refractivity contribution in [1.82, 2.24) is 34.4 Å². The van der Waals surface area contributed by atoms with Gasteiger partial charge in [-0.3, -0.25) is 4.68 Å². The van der Waals surface area contributed by atoms with Crippen LogP contribution in [0.3, 0.4) is 0 Å². The Kier molecular flexibility index (Phi) is 4.02. The van der Waals surface area contributed by atoms with Crippen molar-refractivity contribution in [3.63, 3.8) is 0 Å². The fourth-order valence-corrected chi connectivity index (χ4v) is 4.51. The molecule has 7 nitrogen and oxygen atoms in total. The summed E-state index contributed by atoms with van der Waals surface area (Å²) in [5.41, 5.74) is 3.95. The molecule has 8 heteroatoms. The van der Waals surface area contributed by atoms with Gasteiger partial charge in [-0.25, -0.2) is 9.97 Å². The molecule has 0 spiro atoms. The first-order valence-corrected chi connectivity index (χ1v) is 10.0. The monoisotopic (exact) mass is 379 g/mol. The number of fused-ring (bicyclic) bond motifs is 1. The van der Waals surface area contributed by atoms with Gasteiger partial charge in [0.05, 0.1) is 21.9 Å². The van der Waals surface area contributed by atoms with Gasteiger partial charge in [0.1, 0.15) is 0 Å². The fraction of sp³-hybridized carbons (Fsp3) is 0.368. The minimum absolute atomic E-state index is 0.365. The van der Waals surface area contributed by atoms with Crippen molar-refractivity contribution in [1.29, 1.82) is 0 Å². The Morgan fingerprint density at radius 3 is 2.93 bits per heavy atom. The highest BCUT2D eigenvalue weighted by atomic mass is 32.1. The molecule has 3 aromatic heterocycles. The summed E-state index contributed by atoms with van der Waals surface area (Å²) in [5, 5.41) is 9.24. The molecular formula is C19H21N7S. The number of aryl methyl sites for hydroxylation is 1. The van der Waals surface area contributed by atoms with E-state index in [0.29, 0.717) is 5.92 Å². The highest BCUT2D eigenvalue weighted by Gasteiger charge is 2.25. The Hall–Kier alpha value is -2.58. The van der Waals surface area contributed by atoms with E-state index < -0.39 is 0 Å². The van der Waals surface area contributed by atoms with Gasteiger partial charge in [0.2, 0.25) is 0 Å². The minimum Gasteiger partial charge on any atom is -0.306 e. The van der Waals surface area contributed by atoms with Gasteiger partial charge < -0.3 is 4.90 Å². The van der Waals surface area contributed by atoms with E-state index in [9.17, 15) is 0 Å². The van der Waals surface area contributed by atoms with Crippen LogP contribution in [0.1, 0.15) is 24.6 Å². The summed E-state index contributed by atoms with van der Waals surface area (Å²) < 4.78 is 4.92. The molecule has 0 bridgehead atoms. The molecule has 4 aromatic rings. The van der Waals surface area contributed by atoms with E-state index in [2.05, 4.69) is 40.2 Å². The minimum atomic E-state index is 0.365. The van der Waals surface area contributed by atoms with Crippen LogP contribution in [0.25, 0.3) is 27.4 Å². The van der Waals surface area contributed by atoms with E-state index >= 15 is 0 Å². The first-order valence-electron chi connectivity index (χ1n) is 9.16. The summed E-state index contributed by atoms with van der Waals surface area (Å²) in [4.78, 5) is 11.7. The first kappa shape index (κ1) is 16.6. The number of piperidine rings is 1. The van der Waals surface area contributed by atoms with E-state index in [0.717, 1.165) is 52.8 Å². The van der Waals surface area contributed by atoms with Gasteiger partial charge in [-0.05, 0) is 44.6 Å². The SMILES string of the molecule is CN1CCCC(c2nc(-c3ccc4ncsc4c3)n(-c3ccnn3C)n2)C1. The van der Waals surface area contributed by atoms with Gasteiger partial charge in [0, 0.05) is 31.1 Å². The third kappa shape index (κ3) is 2.94. The van der Waals surface area contributed by atoms with E-state index in [1.165, 1.54) is 6.42 Å². The largest absolute Gasteiger partial charge is 0.306 e. The summed E-state index contributed by atoms with van der Waals surface area (Å²) in [6.07, 6.45) is 4.11. The maximum atomic E-state index is 5.00. The number of nitrogens with zero attached hydrogens (tertiary/aromatic N) is 7. The van der Waals surface area contributed by atoms with Crippen molar-refractivity contribution in [2.45, 2.75) is 18.8 Å². The number of thiazole rings is 1. The van der Waals surface area contributed by atoms with Crippen molar-refractivity contribution >= 4 is 21.6 Å². The van der Waals surface area contributed by atoms with Gasteiger partial charge in [0.15, 0.2) is 17.5 Å². The molecule has 1 fully saturated rings. The first-order chi connectivity index (χ1) is 13.2. The van der Waals surface area contributed by atoms with E-state index in [4.69, 9.17) is 10.1 Å². The lowest BCUT2D eigenvalue weighted by molar-refractivity contribution is 0.246. The molecular weight excluding hydrogens is 358 g/mol. The summed E-state index contributed by atoms with van der Waals surface area (Å²) in [7, 11) is 4.10. The van der Waals surface area contributed by atoms with Gasteiger partial charge in [-0.2, -0.15) is 9.78 Å². The second-order valence-electron chi connectivity index (χ2n) is 7.15. The number of benzene rings is 1. The average Bonchev–Trinajstić information content (AvgIpc) is 3.39. The lowest BCUT2D eigenvalue weighted by atomic mass is 9.98. The molecule has 1 aromatic carbocycles. The maximum Gasteiger partial charge on any atom is 0.165 e. The maximum absolute atomic E-state index is 5.00. The van der Waals surface area contributed by atoms with Crippen LogP contribution < -0.4 is 0 Å². The van der Waals surface area contributed by atoms with Crippen LogP contribution in [0.15, 0.2) is 36.0 Å². The lowest BCUT2D eigenvalue weighted by Gasteiger charge is -2.27. The Labute approximate surface area is 161 Å². The fourth-order valence-electron chi connectivity index (χ4n) is 3.79. The van der Waals surface area contributed by atoms with Crippen LogP contribution in [0.5, 0.6) is 0 Å². The molecule has 0 N–H and O–H groups in total. The number of rotatable bonds is 3. The molecule has 1 saturated heterocycles. The number of hydrogen-bond donors (Lipinski definition) is 0. The quantitative estimate of drug-likeness (QED) is 0.547. The normalized spacial score (nSPS) is 18.4. The van der Waals surface area contributed by atoms with Crippen molar-refractivity contribution < 1.29 is 0 Å². The lowest BCUT2D eigenvalue weighted by Crippen LogP contribution is -2.31. The van der Waals surface area contributed by atoms with E-state index in [-0.39, 0.29) is 0 Å². The molecule has 5 rings (SSSR count). The zero-order chi connectivity index (χ0) is 18.4. The Morgan fingerprint density at radius 1 is 1.19 bits per heavy atom. The third-order valence-corrected chi connectivity index (χ3v) is 6.01. The third-order valence-electron chi connectivity index (χ3n) is 5.21. The van der Waals surface area contributed by atoms with E-state index in [1.54, 1.807) is 17.5 Å². The summed E-state index contributed by atoms with van der Waals surface area (Å²) in [6, 6.07) is 8.26. The van der Waals surface area contributed by atoms with Crippen LogP contribution in [0, 0.1) is 0 Å². The molecule has 1 aliphatic heterocycles. The van der Waals surface area contributed by atoms with Gasteiger partial charge >= 0.3 is 0 Å². The number of aromatic nitrogens is 6. The van der Waals surface area contributed by atoms with Crippen molar-refractivity contribution in [2.75, 3.05) is 20.1 Å². The van der Waals surface area contributed by atoms with Crippen molar-refractivity contribution in [3.05, 3.63) is 41.8 Å². The number of hydrogen-bond acceptors (Lipinski definition) is 6. The van der Waals surface area contributed by atoms with Gasteiger partial charge in [-0.1, -0.05) is 0 Å². The predicted molar refractivity (Wildman–Crippen MR) is 106 cm³/mol. The van der Waals surface area contributed by atoms with Gasteiger partial charge in [-0.15, -0.1) is 16.4 Å². The zero-order valence-corrected chi connectivity index (χ0v) is 16.2. The topological polar surface area (TPSA) is 64.7 Å². The Morgan fingerprint density at radius 2 is 2.11 bits per heavy atom. The zero-order valence-electron chi connectivity index (χ0n) is 15.4.